The zero-order chi connectivity index (χ0) is 19.5. The standard InChI is InChI=1S/C16H18N4O5S/c1-11-6-7-12(2)15(8-11)19(10-16(21)18-17)26(24,25)14-5-3-4-13(9-14)20(22)23/h3-9H,10,17H2,1-2H3,(H,18,21). The predicted molar refractivity (Wildman–Crippen MR) is 95.9 cm³/mol. The summed E-state index contributed by atoms with van der Waals surface area (Å²) >= 11 is 0. The number of nitro benzene ring substituents is 1. The van der Waals surface area contributed by atoms with Gasteiger partial charge >= 0.3 is 0 Å². The number of nitrogens with two attached hydrogens (primary N) is 1. The molecule has 0 radical (unpaired) electrons. The molecule has 0 bridgehead atoms. The molecule has 2 aromatic rings. The molecule has 2 rings (SSSR count). The lowest BCUT2D eigenvalue weighted by Gasteiger charge is -2.25. The molecule has 0 aromatic heterocycles. The Morgan fingerprint density at radius 3 is 2.54 bits per heavy atom. The van der Waals surface area contributed by atoms with Crippen molar-refractivity contribution in [2.24, 2.45) is 5.84 Å². The molecule has 3 N–H and O–H groups in total. The molecule has 26 heavy (non-hydrogen) atoms. The zero-order valence-corrected chi connectivity index (χ0v) is 15.0. The van der Waals surface area contributed by atoms with Crippen LogP contribution in [-0.4, -0.2) is 25.8 Å². The second kappa shape index (κ2) is 7.50. The van der Waals surface area contributed by atoms with Crippen LogP contribution in [0.3, 0.4) is 0 Å². The Kier molecular flexibility index (Phi) is 5.58. The van der Waals surface area contributed by atoms with E-state index in [4.69, 9.17) is 5.84 Å². The highest BCUT2D eigenvalue weighted by atomic mass is 32.2. The minimum atomic E-state index is -4.24. The quantitative estimate of drug-likeness (QED) is 0.337. The van der Waals surface area contributed by atoms with Crippen LogP contribution in [0.1, 0.15) is 11.1 Å². The summed E-state index contributed by atoms with van der Waals surface area (Å²) in [6.07, 6.45) is 0. The summed E-state index contributed by atoms with van der Waals surface area (Å²) < 4.78 is 27.1. The van der Waals surface area contributed by atoms with E-state index >= 15 is 0 Å². The maximum atomic E-state index is 13.1. The Bertz CT molecular complexity index is 959. The number of hydrazine groups is 1. The fourth-order valence-corrected chi connectivity index (χ4v) is 3.87. The summed E-state index contributed by atoms with van der Waals surface area (Å²) in [6.45, 7) is 2.92. The normalized spacial score (nSPS) is 11.0. The van der Waals surface area contributed by atoms with Crippen LogP contribution in [0.4, 0.5) is 11.4 Å². The van der Waals surface area contributed by atoms with E-state index in [0.29, 0.717) is 11.3 Å². The van der Waals surface area contributed by atoms with Gasteiger partial charge in [-0.2, -0.15) is 0 Å². The molecule has 0 saturated carbocycles. The summed E-state index contributed by atoms with van der Waals surface area (Å²) in [4.78, 5) is 21.8. The van der Waals surface area contributed by atoms with Gasteiger partial charge in [-0.15, -0.1) is 0 Å². The molecule has 2 aromatic carbocycles. The number of carbonyl (C=O) groups excluding carboxylic acids is 1. The van der Waals surface area contributed by atoms with Crippen LogP contribution < -0.4 is 15.6 Å². The van der Waals surface area contributed by atoms with Crippen molar-refractivity contribution >= 4 is 27.3 Å². The third-order valence-electron chi connectivity index (χ3n) is 3.70. The Morgan fingerprint density at radius 2 is 1.92 bits per heavy atom. The molecule has 0 aliphatic heterocycles. The van der Waals surface area contributed by atoms with Crippen LogP contribution in [0.5, 0.6) is 0 Å². The van der Waals surface area contributed by atoms with E-state index in [9.17, 15) is 23.3 Å². The zero-order valence-electron chi connectivity index (χ0n) is 14.2. The number of nitro groups is 1. The monoisotopic (exact) mass is 378 g/mol. The van der Waals surface area contributed by atoms with Crippen molar-refractivity contribution < 1.29 is 18.1 Å². The van der Waals surface area contributed by atoms with Gasteiger partial charge in [0.05, 0.1) is 15.5 Å². The molecule has 10 heteroatoms. The van der Waals surface area contributed by atoms with Gasteiger partial charge in [0, 0.05) is 12.1 Å². The number of hydrogen-bond acceptors (Lipinski definition) is 6. The van der Waals surface area contributed by atoms with Gasteiger partial charge in [0.15, 0.2) is 0 Å². The largest absolute Gasteiger partial charge is 0.293 e. The molecule has 0 saturated heterocycles. The maximum Gasteiger partial charge on any atom is 0.270 e. The van der Waals surface area contributed by atoms with Crippen LogP contribution >= 0.6 is 0 Å². The number of anilines is 1. The number of carbonyl (C=O) groups is 1. The second-order valence-electron chi connectivity index (χ2n) is 5.62. The first-order valence-corrected chi connectivity index (χ1v) is 8.94. The summed E-state index contributed by atoms with van der Waals surface area (Å²) in [5, 5.41) is 11.0. The number of amides is 1. The maximum absolute atomic E-state index is 13.1. The van der Waals surface area contributed by atoms with Crippen molar-refractivity contribution in [2.75, 3.05) is 10.8 Å². The average Bonchev–Trinajstić information content (AvgIpc) is 2.61. The number of hydrogen-bond donors (Lipinski definition) is 2. The molecule has 0 spiro atoms. The lowest BCUT2D eigenvalue weighted by Crippen LogP contribution is -2.43. The Hall–Kier alpha value is -2.98. The third kappa shape index (κ3) is 3.98. The van der Waals surface area contributed by atoms with E-state index in [1.165, 1.54) is 18.2 Å². The van der Waals surface area contributed by atoms with E-state index < -0.39 is 27.4 Å². The average molecular weight is 378 g/mol. The van der Waals surface area contributed by atoms with Crippen molar-refractivity contribution in [2.45, 2.75) is 18.7 Å². The number of non-ortho nitro benzene ring substituents is 1. The SMILES string of the molecule is Cc1ccc(C)c(N(CC(=O)NN)S(=O)(=O)c2cccc([N+](=O)[O-])c2)c1. The van der Waals surface area contributed by atoms with Crippen LogP contribution in [-0.2, 0) is 14.8 Å². The number of nitrogens with one attached hydrogen (secondary N) is 1. The number of benzene rings is 2. The highest BCUT2D eigenvalue weighted by molar-refractivity contribution is 7.92. The van der Waals surface area contributed by atoms with Gasteiger partial charge in [0.25, 0.3) is 21.6 Å². The van der Waals surface area contributed by atoms with E-state index in [1.807, 2.05) is 5.43 Å². The summed E-state index contributed by atoms with van der Waals surface area (Å²) in [5.74, 6) is 4.38. The van der Waals surface area contributed by atoms with Gasteiger partial charge in [0.1, 0.15) is 6.54 Å². The Balaban J connectivity index is 2.64. The molecule has 1 amide bonds. The lowest BCUT2D eigenvalue weighted by molar-refractivity contribution is -0.385. The van der Waals surface area contributed by atoms with Gasteiger partial charge in [-0.05, 0) is 37.1 Å². The third-order valence-corrected chi connectivity index (χ3v) is 5.45. The molecule has 9 nitrogen and oxygen atoms in total. The number of aryl methyl sites for hydroxylation is 2. The van der Waals surface area contributed by atoms with E-state index in [0.717, 1.165) is 15.9 Å². The number of nitrogens with zero attached hydrogens (tertiary/aromatic N) is 2. The van der Waals surface area contributed by atoms with Gasteiger partial charge in [0.2, 0.25) is 0 Å². The molecule has 0 aliphatic carbocycles. The highest BCUT2D eigenvalue weighted by Gasteiger charge is 2.29. The van der Waals surface area contributed by atoms with Crippen molar-refractivity contribution in [3.05, 3.63) is 63.7 Å². The fourth-order valence-electron chi connectivity index (χ4n) is 2.35. The fraction of sp³-hybridized carbons (Fsp3) is 0.188. The van der Waals surface area contributed by atoms with Crippen LogP contribution in [0, 0.1) is 24.0 Å². The van der Waals surface area contributed by atoms with Gasteiger partial charge in [-0.3, -0.25) is 24.6 Å². The summed E-state index contributed by atoms with van der Waals surface area (Å²) in [5.41, 5.74) is 3.24. The van der Waals surface area contributed by atoms with Gasteiger partial charge in [-0.25, -0.2) is 14.3 Å². The summed E-state index contributed by atoms with van der Waals surface area (Å²) in [6, 6.07) is 9.80. The van der Waals surface area contributed by atoms with Crippen molar-refractivity contribution in [3.63, 3.8) is 0 Å². The Labute approximate surface area is 150 Å². The van der Waals surface area contributed by atoms with Gasteiger partial charge in [-0.1, -0.05) is 18.2 Å². The first-order chi connectivity index (χ1) is 12.2. The molecule has 0 unspecified atom stereocenters. The molecular formula is C16H18N4O5S. The predicted octanol–water partition coefficient (Wildman–Crippen LogP) is 1.40. The van der Waals surface area contributed by atoms with Crippen LogP contribution in [0.2, 0.25) is 0 Å². The highest BCUT2D eigenvalue weighted by Crippen LogP contribution is 2.29. The lowest BCUT2D eigenvalue weighted by atomic mass is 10.1. The number of rotatable bonds is 6. The van der Waals surface area contributed by atoms with E-state index in [2.05, 4.69) is 0 Å². The van der Waals surface area contributed by atoms with Crippen LogP contribution in [0.15, 0.2) is 47.4 Å². The van der Waals surface area contributed by atoms with Gasteiger partial charge < -0.3 is 0 Å². The molecule has 0 heterocycles. The molecular weight excluding hydrogens is 360 g/mol. The molecule has 0 atom stereocenters. The minimum absolute atomic E-state index is 0.292. The van der Waals surface area contributed by atoms with E-state index in [1.54, 1.807) is 32.0 Å². The molecule has 0 aliphatic rings. The summed E-state index contributed by atoms with van der Waals surface area (Å²) in [7, 11) is -4.24. The van der Waals surface area contributed by atoms with Crippen molar-refractivity contribution in [1.82, 2.24) is 5.43 Å². The van der Waals surface area contributed by atoms with Crippen molar-refractivity contribution in [3.8, 4) is 0 Å². The molecule has 138 valence electrons. The first-order valence-electron chi connectivity index (χ1n) is 7.50. The smallest absolute Gasteiger partial charge is 0.270 e. The topological polar surface area (TPSA) is 136 Å². The van der Waals surface area contributed by atoms with Crippen molar-refractivity contribution in [1.29, 1.82) is 0 Å². The van der Waals surface area contributed by atoms with E-state index in [-0.39, 0.29) is 10.6 Å². The minimum Gasteiger partial charge on any atom is -0.293 e. The molecule has 0 fully saturated rings. The first kappa shape index (κ1) is 19.3. The number of sulfonamides is 1. The second-order valence-corrected chi connectivity index (χ2v) is 7.49. The Morgan fingerprint density at radius 1 is 1.23 bits per heavy atom. The van der Waals surface area contributed by atoms with Crippen LogP contribution in [0.25, 0.3) is 0 Å².